The summed E-state index contributed by atoms with van der Waals surface area (Å²) < 4.78 is 74.8. The number of hydrogen-bond donors (Lipinski definition) is 2. The predicted molar refractivity (Wildman–Crippen MR) is 107 cm³/mol. The van der Waals surface area contributed by atoms with Gasteiger partial charge in [0.15, 0.2) is 0 Å². The van der Waals surface area contributed by atoms with Crippen molar-refractivity contribution in [2.75, 3.05) is 26.2 Å². The quantitative estimate of drug-likeness (QED) is 0.648. The molecular weight excluding hydrogens is 453 g/mol. The van der Waals surface area contributed by atoms with Crippen molar-refractivity contribution in [1.29, 1.82) is 0 Å². The van der Waals surface area contributed by atoms with Gasteiger partial charge in [0.25, 0.3) is 0 Å². The van der Waals surface area contributed by atoms with Gasteiger partial charge >= 0.3 is 12.3 Å². The van der Waals surface area contributed by atoms with E-state index in [-0.39, 0.29) is 43.8 Å². The SMILES string of the molecule is CCN([C@@H]1CC2(CCN(C(=O)O)CC2)O[C@@H]1C(CO)C(F)(F)F)S(=O)(=O)c1ccccc1. The first-order valence-corrected chi connectivity index (χ1v) is 11.8. The summed E-state index contributed by atoms with van der Waals surface area (Å²) in [4.78, 5) is 12.3. The van der Waals surface area contributed by atoms with Crippen LogP contribution in [-0.2, 0) is 14.8 Å². The molecule has 3 atom stereocenters. The molecule has 2 aliphatic rings. The van der Waals surface area contributed by atoms with Crippen LogP contribution in [0.5, 0.6) is 0 Å². The van der Waals surface area contributed by atoms with Crippen molar-refractivity contribution < 1.29 is 41.3 Å². The molecule has 0 radical (unpaired) electrons. The molecule has 2 aliphatic heterocycles. The molecule has 1 aromatic rings. The molecule has 2 heterocycles. The van der Waals surface area contributed by atoms with Gasteiger partial charge in [-0.15, -0.1) is 0 Å². The van der Waals surface area contributed by atoms with Gasteiger partial charge in [-0.2, -0.15) is 17.5 Å². The number of aliphatic hydroxyl groups is 1. The van der Waals surface area contributed by atoms with Gasteiger partial charge in [0.1, 0.15) is 5.92 Å². The number of ether oxygens (including phenoxy) is 1. The number of benzene rings is 1. The molecule has 1 unspecified atom stereocenters. The Kier molecular flexibility index (Phi) is 7.08. The number of alkyl halides is 3. The zero-order chi connectivity index (χ0) is 23.7. The third-order valence-electron chi connectivity index (χ3n) is 6.34. The van der Waals surface area contributed by atoms with Crippen LogP contribution in [0, 0.1) is 5.92 Å². The zero-order valence-electron chi connectivity index (χ0n) is 17.5. The number of rotatable bonds is 6. The summed E-state index contributed by atoms with van der Waals surface area (Å²) in [5, 5.41) is 18.7. The summed E-state index contributed by atoms with van der Waals surface area (Å²) in [5.74, 6) is -2.27. The number of likely N-dealkylation sites (tertiary alicyclic amines) is 1. The minimum Gasteiger partial charge on any atom is -0.465 e. The summed E-state index contributed by atoms with van der Waals surface area (Å²) in [6.07, 6.45) is -7.28. The van der Waals surface area contributed by atoms with Crippen LogP contribution in [0.1, 0.15) is 26.2 Å². The van der Waals surface area contributed by atoms with Crippen LogP contribution < -0.4 is 0 Å². The number of nitrogens with zero attached hydrogens (tertiary/aromatic N) is 2. The molecule has 1 amide bonds. The van der Waals surface area contributed by atoms with Gasteiger partial charge in [0.05, 0.1) is 29.2 Å². The fraction of sp³-hybridized carbons (Fsp3) is 0.650. The lowest BCUT2D eigenvalue weighted by atomic mass is 9.86. The highest BCUT2D eigenvalue weighted by atomic mass is 32.2. The highest BCUT2D eigenvalue weighted by molar-refractivity contribution is 7.89. The number of sulfonamides is 1. The average molecular weight is 481 g/mol. The van der Waals surface area contributed by atoms with Crippen LogP contribution in [0.4, 0.5) is 18.0 Å². The Labute approximate surface area is 184 Å². The summed E-state index contributed by atoms with van der Waals surface area (Å²) in [6.45, 7) is 0.349. The zero-order valence-corrected chi connectivity index (χ0v) is 18.3. The average Bonchev–Trinajstić information content (AvgIpc) is 3.06. The van der Waals surface area contributed by atoms with Crippen molar-refractivity contribution in [3.8, 4) is 0 Å². The Morgan fingerprint density at radius 3 is 2.34 bits per heavy atom. The second kappa shape index (κ2) is 9.16. The topological polar surface area (TPSA) is 107 Å². The molecule has 8 nitrogen and oxygen atoms in total. The first kappa shape index (κ1) is 24.7. The lowest BCUT2D eigenvalue weighted by Crippen LogP contribution is -2.51. The van der Waals surface area contributed by atoms with Gasteiger partial charge in [0.2, 0.25) is 10.0 Å². The van der Waals surface area contributed by atoms with Crippen molar-refractivity contribution in [2.45, 2.75) is 55.0 Å². The maximum Gasteiger partial charge on any atom is 0.407 e. The van der Waals surface area contributed by atoms with Crippen molar-refractivity contribution >= 4 is 16.1 Å². The van der Waals surface area contributed by atoms with E-state index in [1.807, 2.05) is 0 Å². The Morgan fingerprint density at radius 1 is 1.28 bits per heavy atom. The van der Waals surface area contributed by atoms with E-state index in [1.165, 1.54) is 31.2 Å². The van der Waals surface area contributed by atoms with E-state index < -0.39 is 52.6 Å². The van der Waals surface area contributed by atoms with Gasteiger partial charge in [-0.25, -0.2) is 13.2 Å². The molecule has 2 N–H and O–H groups in total. The molecule has 12 heteroatoms. The molecule has 2 fully saturated rings. The predicted octanol–water partition coefficient (Wildman–Crippen LogP) is 2.54. The van der Waals surface area contributed by atoms with Crippen molar-refractivity contribution in [2.24, 2.45) is 5.92 Å². The van der Waals surface area contributed by atoms with Crippen LogP contribution in [0.3, 0.4) is 0 Å². The Bertz CT molecular complexity index is 904. The van der Waals surface area contributed by atoms with Gasteiger partial charge in [-0.05, 0) is 31.4 Å². The minimum atomic E-state index is -4.80. The van der Waals surface area contributed by atoms with E-state index >= 15 is 0 Å². The lowest BCUT2D eigenvalue weighted by Gasteiger charge is -2.38. The van der Waals surface area contributed by atoms with Crippen molar-refractivity contribution in [3.05, 3.63) is 30.3 Å². The van der Waals surface area contributed by atoms with Crippen LogP contribution in [0.2, 0.25) is 0 Å². The molecule has 3 rings (SSSR count). The number of carboxylic acid groups (broad SMARTS) is 1. The molecule has 0 aromatic heterocycles. The van der Waals surface area contributed by atoms with Crippen LogP contribution in [0.15, 0.2) is 35.2 Å². The fourth-order valence-electron chi connectivity index (χ4n) is 4.66. The molecule has 2 saturated heterocycles. The van der Waals surface area contributed by atoms with E-state index in [1.54, 1.807) is 6.07 Å². The van der Waals surface area contributed by atoms with Crippen LogP contribution in [0.25, 0.3) is 0 Å². The minimum absolute atomic E-state index is 0.0163. The number of amides is 1. The number of piperidine rings is 1. The summed E-state index contributed by atoms with van der Waals surface area (Å²) in [7, 11) is -4.13. The molecule has 0 bridgehead atoms. The monoisotopic (exact) mass is 480 g/mol. The Hall–Kier alpha value is -1.89. The van der Waals surface area contributed by atoms with E-state index in [9.17, 15) is 36.6 Å². The first-order valence-electron chi connectivity index (χ1n) is 10.4. The van der Waals surface area contributed by atoms with E-state index in [2.05, 4.69) is 0 Å². The molecule has 1 aromatic carbocycles. The third-order valence-corrected chi connectivity index (χ3v) is 8.35. The molecule has 32 heavy (non-hydrogen) atoms. The molecular formula is C20H27F3N2O6S. The second-order valence-corrected chi connectivity index (χ2v) is 10.0. The number of halogens is 3. The van der Waals surface area contributed by atoms with Crippen LogP contribution >= 0.6 is 0 Å². The number of hydrogen-bond acceptors (Lipinski definition) is 5. The van der Waals surface area contributed by atoms with Gasteiger partial charge < -0.3 is 19.8 Å². The lowest BCUT2D eigenvalue weighted by molar-refractivity contribution is -0.226. The molecule has 180 valence electrons. The maximum atomic E-state index is 13.8. The van der Waals surface area contributed by atoms with Crippen LogP contribution in [-0.4, -0.2) is 84.1 Å². The molecule has 0 aliphatic carbocycles. The largest absolute Gasteiger partial charge is 0.465 e. The normalized spacial score (nSPS) is 24.8. The standard InChI is InChI=1S/C20H27F3N2O6S/c1-2-25(32(29,30)14-6-4-3-5-7-14)16-12-19(8-10-24(11-9-19)18(27)28)31-17(16)15(13-26)20(21,22)23/h3-7,15-17,26H,2,8-13H2,1H3,(H,27,28)/t15?,16-,17-/m1/s1. The Balaban J connectivity index is 1.99. The fourth-order valence-corrected chi connectivity index (χ4v) is 6.32. The third kappa shape index (κ3) is 4.73. The highest BCUT2D eigenvalue weighted by Crippen LogP contribution is 2.47. The van der Waals surface area contributed by atoms with E-state index in [4.69, 9.17) is 4.74 Å². The van der Waals surface area contributed by atoms with Gasteiger partial charge in [-0.1, -0.05) is 25.1 Å². The van der Waals surface area contributed by atoms with E-state index in [0.717, 1.165) is 9.21 Å². The molecule has 1 spiro atoms. The first-order chi connectivity index (χ1) is 14.9. The van der Waals surface area contributed by atoms with Gasteiger partial charge in [-0.3, -0.25) is 0 Å². The highest BCUT2D eigenvalue weighted by Gasteiger charge is 2.58. The summed E-state index contributed by atoms with van der Waals surface area (Å²) in [6, 6.07) is 6.26. The van der Waals surface area contributed by atoms with Crippen molar-refractivity contribution in [1.82, 2.24) is 9.21 Å². The molecule has 0 saturated carbocycles. The smallest absolute Gasteiger partial charge is 0.407 e. The summed E-state index contributed by atoms with van der Waals surface area (Å²) in [5.41, 5.74) is -1.10. The number of carbonyl (C=O) groups is 1. The van der Waals surface area contributed by atoms with Gasteiger partial charge in [0, 0.05) is 19.6 Å². The Morgan fingerprint density at radius 2 is 1.88 bits per heavy atom. The second-order valence-electron chi connectivity index (χ2n) is 8.16. The summed E-state index contributed by atoms with van der Waals surface area (Å²) >= 11 is 0. The number of aliphatic hydroxyl groups excluding tert-OH is 1. The van der Waals surface area contributed by atoms with E-state index in [0.29, 0.717) is 0 Å². The maximum absolute atomic E-state index is 13.8. The van der Waals surface area contributed by atoms with Crippen molar-refractivity contribution in [3.63, 3.8) is 0 Å². The number of likely N-dealkylation sites (N-methyl/N-ethyl adjacent to an activating group) is 1.